The van der Waals surface area contributed by atoms with Crippen molar-refractivity contribution in [1.82, 2.24) is 9.88 Å². The van der Waals surface area contributed by atoms with E-state index >= 15 is 0 Å². The summed E-state index contributed by atoms with van der Waals surface area (Å²) in [7, 11) is 0. The maximum Gasteiger partial charge on any atom is 0.257 e. The van der Waals surface area contributed by atoms with Crippen molar-refractivity contribution >= 4 is 16.8 Å². The Balaban J connectivity index is 2.21. The Kier molecular flexibility index (Phi) is 3.14. The van der Waals surface area contributed by atoms with Gasteiger partial charge in [-0.25, -0.2) is 0 Å². The standard InChI is InChI=1S/C16H16N2O2/c1-2-8-17-16(20)13-10-18-9-4-6-11-5-3-7-12(14(11)18)15(13)19/h2-3,5,7,10H,1,4,6,8-9H2,(H,17,20). The van der Waals surface area contributed by atoms with Crippen LogP contribution in [0.3, 0.4) is 0 Å². The first kappa shape index (κ1) is 12.7. The lowest BCUT2D eigenvalue weighted by molar-refractivity contribution is 0.0956. The van der Waals surface area contributed by atoms with E-state index in [0.717, 1.165) is 24.9 Å². The number of para-hydroxylation sites is 1. The molecule has 0 unspecified atom stereocenters. The van der Waals surface area contributed by atoms with E-state index in [0.29, 0.717) is 11.9 Å². The van der Waals surface area contributed by atoms with E-state index in [4.69, 9.17) is 0 Å². The number of nitrogens with zero attached hydrogens (tertiary/aromatic N) is 1. The molecule has 3 rings (SSSR count). The number of carbonyl (C=O) groups excluding carboxylic acids is 1. The lowest BCUT2D eigenvalue weighted by Crippen LogP contribution is -2.30. The number of pyridine rings is 1. The van der Waals surface area contributed by atoms with Crippen LogP contribution in [0, 0.1) is 0 Å². The van der Waals surface area contributed by atoms with Crippen LogP contribution >= 0.6 is 0 Å². The molecule has 2 heterocycles. The van der Waals surface area contributed by atoms with Crippen LogP contribution in [0.15, 0.2) is 41.8 Å². The number of benzene rings is 1. The first-order valence-electron chi connectivity index (χ1n) is 6.76. The van der Waals surface area contributed by atoms with Gasteiger partial charge in [0.05, 0.1) is 5.52 Å². The van der Waals surface area contributed by atoms with Crippen LogP contribution in [0.4, 0.5) is 0 Å². The van der Waals surface area contributed by atoms with Crippen LogP contribution < -0.4 is 10.7 Å². The maximum absolute atomic E-state index is 12.5. The van der Waals surface area contributed by atoms with E-state index in [1.54, 1.807) is 18.3 Å². The van der Waals surface area contributed by atoms with E-state index < -0.39 is 0 Å². The smallest absolute Gasteiger partial charge is 0.257 e. The Labute approximate surface area is 116 Å². The summed E-state index contributed by atoms with van der Waals surface area (Å²) >= 11 is 0. The summed E-state index contributed by atoms with van der Waals surface area (Å²) < 4.78 is 2.03. The van der Waals surface area contributed by atoms with Crippen molar-refractivity contribution in [3.8, 4) is 0 Å². The highest BCUT2D eigenvalue weighted by Gasteiger charge is 2.18. The second kappa shape index (κ2) is 4.96. The van der Waals surface area contributed by atoms with Crippen LogP contribution in [-0.2, 0) is 13.0 Å². The third kappa shape index (κ3) is 1.93. The number of nitrogens with one attached hydrogen (secondary N) is 1. The summed E-state index contributed by atoms with van der Waals surface area (Å²) in [5.74, 6) is -0.337. The first-order chi connectivity index (χ1) is 9.72. The summed E-state index contributed by atoms with van der Waals surface area (Å²) in [6.45, 7) is 4.76. The largest absolute Gasteiger partial charge is 0.348 e. The number of aromatic nitrogens is 1. The summed E-state index contributed by atoms with van der Waals surface area (Å²) in [4.78, 5) is 24.5. The van der Waals surface area contributed by atoms with Gasteiger partial charge in [-0.05, 0) is 24.5 Å². The zero-order valence-electron chi connectivity index (χ0n) is 11.2. The number of aryl methyl sites for hydroxylation is 2. The molecule has 0 aliphatic carbocycles. The molecular formula is C16H16N2O2. The van der Waals surface area contributed by atoms with Crippen molar-refractivity contribution in [2.45, 2.75) is 19.4 Å². The van der Waals surface area contributed by atoms with Gasteiger partial charge in [-0.1, -0.05) is 18.2 Å². The van der Waals surface area contributed by atoms with Gasteiger partial charge in [0.2, 0.25) is 5.43 Å². The Morgan fingerprint density at radius 2 is 2.30 bits per heavy atom. The number of hydrogen-bond donors (Lipinski definition) is 1. The number of hydrogen-bond acceptors (Lipinski definition) is 2. The molecule has 102 valence electrons. The van der Waals surface area contributed by atoms with Gasteiger partial charge in [-0.15, -0.1) is 6.58 Å². The summed E-state index contributed by atoms with van der Waals surface area (Å²) in [6, 6.07) is 5.74. The van der Waals surface area contributed by atoms with E-state index in [2.05, 4.69) is 18.0 Å². The number of carbonyl (C=O) groups is 1. The minimum atomic E-state index is -0.337. The molecule has 0 saturated heterocycles. The Bertz CT molecular complexity index is 759. The van der Waals surface area contributed by atoms with Gasteiger partial charge in [0.1, 0.15) is 5.56 Å². The van der Waals surface area contributed by atoms with E-state index in [1.807, 2.05) is 10.6 Å². The number of amides is 1. The predicted octanol–water partition coefficient (Wildman–Crippen LogP) is 1.86. The Morgan fingerprint density at radius 3 is 3.10 bits per heavy atom. The van der Waals surface area contributed by atoms with Gasteiger partial charge < -0.3 is 9.88 Å². The summed E-state index contributed by atoms with van der Waals surface area (Å²) in [5, 5.41) is 3.30. The molecule has 0 radical (unpaired) electrons. The molecule has 0 atom stereocenters. The van der Waals surface area contributed by atoms with Gasteiger partial charge >= 0.3 is 0 Å². The van der Waals surface area contributed by atoms with Gasteiger partial charge in [0.25, 0.3) is 5.91 Å². The van der Waals surface area contributed by atoms with Crippen molar-refractivity contribution in [2.75, 3.05) is 6.54 Å². The topological polar surface area (TPSA) is 51.1 Å². The fourth-order valence-electron chi connectivity index (χ4n) is 2.78. The highest BCUT2D eigenvalue weighted by molar-refractivity contribution is 5.97. The molecule has 1 amide bonds. The molecule has 1 aromatic heterocycles. The van der Waals surface area contributed by atoms with E-state index in [1.165, 1.54) is 5.56 Å². The fourth-order valence-corrected chi connectivity index (χ4v) is 2.78. The van der Waals surface area contributed by atoms with Gasteiger partial charge in [-0.2, -0.15) is 0 Å². The van der Waals surface area contributed by atoms with Crippen molar-refractivity contribution in [2.24, 2.45) is 0 Å². The molecule has 20 heavy (non-hydrogen) atoms. The van der Waals surface area contributed by atoms with Crippen LogP contribution in [-0.4, -0.2) is 17.0 Å². The van der Waals surface area contributed by atoms with Crippen molar-refractivity contribution in [3.05, 3.63) is 58.4 Å². The normalized spacial score (nSPS) is 13.2. The van der Waals surface area contributed by atoms with Crippen molar-refractivity contribution < 1.29 is 4.79 Å². The average molecular weight is 268 g/mol. The third-order valence-corrected chi connectivity index (χ3v) is 3.68. The lowest BCUT2D eigenvalue weighted by atomic mass is 10.00. The SMILES string of the molecule is C=CCNC(=O)c1cn2c3c(cccc3c1=O)CCC2. The summed E-state index contributed by atoms with van der Waals surface area (Å²) in [5.41, 5.74) is 2.17. The van der Waals surface area contributed by atoms with Crippen LogP contribution in [0.25, 0.3) is 10.9 Å². The van der Waals surface area contributed by atoms with Crippen molar-refractivity contribution in [3.63, 3.8) is 0 Å². The van der Waals surface area contributed by atoms with E-state index in [9.17, 15) is 9.59 Å². The molecule has 0 fully saturated rings. The molecule has 0 saturated carbocycles. The molecule has 2 aromatic rings. The highest BCUT2D eigenvalue weighted by atomic mass is 16.2. The monoisotopic (exact) mass is 268 g/mol. The Hall–Kier alpha value is -2.36. The van der Waals surface area contributed by atoms with Crippen LogP contribution in [0.2, 0.25) is 0 Å². The van der Waals surface area contributed by atoms with Crippen molar-refractivity contribution in [1.29, 1.82) is 0 Å². The summed E-state index contributed by atoms with van der Waals surface area (Å²) in [6.07, 6.45) is 5.30. The second-order valence-electron chi connectivity index (χ2n) is 4.98. The molecule has 4 nitrogen and oxygen atoms in total. The van der Waals surface area contributed by atoms with Gasteiger partial charge in [-0.3, -0.25) is 9.59 Å². The number of rotatable bonds is 3. The van der Waals surface area contributed by atoms with Crippen LogP contribution in [0.1, 0.15) is 22.3 Å². The van der Waals surface area contributed by atoms with Gasteiger partial charge in [0, 0.05) is 24.7 Å². The molecule has 0 bridgehead atoms. The zero-order chi connectivity index (χ0) is 14.1. The molecule has 1 N–H and O–H groups in total. The third-order valence-electron chi connectivity index (χ3n) is 3.68. The maximum atomic E-state index is 12.5. The quantitative estimate of drug-likeness (QED) is 0.864. The average Bonchev–Trinajstić information content (AvgIpc) is 2.48. The fraction of sp³-hybridized carbons (Fsp3) is 0.250. The molecule has 1 aliphatic heterocycles. The minimum Gasteiger partial charge on any atom is -0.348 e. The molecule has 1 aliphatic rings. The highest BCUT2D eigenvalue weighted by Crippen LogP contribution is 2.23. The molecule has 1 aromatic carbocycles. The molecular weight excluding hydrogens is 252 g/mol. The Morgan fingerprint density at radius 1 is 1.45 bits per heavy atom. The zero-order valence-corrected chi connectivity index (χ0v) is 11.2. The second-order valence-corrected chi connectivity index (χ2v) is 4.98. The molecule has 0 spiro atoms. The first-order valence-corrected chi connectivity index (χ1v) is 6.76. The van der Waals surface area contributed by atoms with Gasteiger partial charge in [0.15, 0.2) is 0 Å². The minimum absolute atomic E-state index is 0.193. The lowest BCUT2D eigenvalue weighted by Gasteiger charge is -2.20. The van der Waals surface area contributed by atoms with E-state index in [-0.39, 0.29) is 16.9 Å². The molecule has 4 heteroatoms. The van der Waals surface area contributed by atoms with Crippen LogP contribution in [0.5, 0.6) is 0 Å². The predicted molar refractivity (Wildman–Crippen MR) is 79.1 cm³/mol.